The molecule has 0 aromatic heterocycles. The van der Waals surface area contributed by atoms with Gasteiger partial charge in [0.15, 0.2) is 0 Å². The first kappa shape index (κ1) is 13.8. The molecule has 0 aromatic rings. The first-order valence-electron chi connectivity index (χ1n) is 3.75. The molecule has 0 atom stereocenters. The molecule has 0 aliphatic heterocycles. The van der Waals surface area contributed by atoms with Crippen LogP contribution in [0.4, 0.5) is 4.79 Å². The molecule has 74 valence electrons. The standard InChI is InChI=1S/C5H10O3.C3H8O/c1-5(2,3)8-4(6)7;1-3(2)4/h1-3H3,(H,6,7);3-4H,1-2H3. The molecule has 0 aromatic carbocycles. The smallest absolute Gasteiger partial charge is 0.450 e. The molecular formula is C8H18O4. The number of carboxylic acid groups (broad SMARTS) is 1. The summed E-state index contributed by atoms with van der Waals surface area (Å²) in [6.07, 6.45) is -1.39. The molecule has 0 aliphatic rings. The minimum absolute atomic E-state index is 0.167. The van der Waals surface area contributed by atoms with Crippen LogP contribution in [0.3, 0.4) is 0 Å². The van der Waals surface area contributed by atoms with E-state index in [9.17, 15) is 4.79 Å². The van der Waals surface area contributed by atoms with E-state index in [1.165, 1.54) is 0 Å². The van der Waals surface area contributed by atoms with E-state index in [0.29, 0.717) is 0 Å². The van der Waals surface area contributed by atoms with Crippen LogP contribution in [-0.4, -0.2) is 28.1 Å². The van der Waals surface area contributed by atoms with E-state index in [1.807, 2.05) is 0 Å². The average Bonchev–Trinajstić information content (AvgIpc) is 1.52. The molecule has 0 fully saturated rings. The average molecular weight is 178 g/mol. The zero-order valence-corrected chi connectivity index (χ0v) is 8.29. The fraction of sp³-hybridized carbons (Fsp3) is 0.875. The summed E-state index contributed by atoms with van der Waals surface area (Å²) < 4.78 is 4.35. The van der Waals surface area contributed by atoms with Gasteiger partial charge in [-0.3, -0.25) is 0 Å². The second kappa shape index (κ2) is 5.83. The van der Waals surface area contributed by atoms with Crippen molar-refractivity contribution in [3.05, 3.63) is 0 Å². The minimum atomic E-state index is -1.22. The van der Waals surface area contributed by atoms with Crippen molar-refractivity contribution in [3.8, 4) is 0 Å². The van der Waals surface area contributed by atoms with Gasteiger partial charge >= 0.3 is 6.16 Å². The Morgan fingerprint density at radius 2 is 1.58 bits per heavy atom. The molecule has 4 heteroatoms. The Bertz CT molecular complexity index is 121. The predicted molar refractivity (Wildman–Crippen MR) is 46.2 cm³/mol. The van der Waals surface area contributed by atoms with Gasteiger partial charge in [0.25, 0.3) is 0 Å². The normalized spacial score (nSPS) is 10.2. The van der Waals surface area contributed by atoms with Gasteiger partial charge in [-0.15, -0.1) is 0 Å². The fourth-order valence-electron chi connectivity index (χ4n) is 0.262. The lowest BCUT2D eigenvalue weighted by molar-refractivity contribution is 0.0150. The van der Waals surface area contributed by atoms with Crippen LogP contribution in [0.2, 0.25) is 0 Å². The molecule has 0 aliphatic carbocycles. The van der Waals surface area contributed by atoms with Crippen molar-refractivity contribution >= 4 is 6.16 Å². The monoisotopic (exact) mass is 178 g/mol. The summed E-state index contributed by atoms with van der Waals surface area (Å²) in [5, 5.41) is 16.1. The number of ether oxygens (including phenoxy) is 1. The summed E-state index contributed by atoms with van der Waals surface area (Å²) in [6, 6.07) is 0. The topological polar surface area (TPSA) is 66.8 Å². The zero-order chi connectivity index (χ0) is 10.4. The molecule has 0 saturated carbocycles. The molecular weight excluding hydrogens is 160 g/mol. The van der Waals surface area contributed by atoms with E-state index >= 15 is 0 Å². The van der Waals surface area contributed by atoms with E-state index < -0.39 is 11.8 Å². The number of aliphatic hydroxyl groups excluding tert-OH is 1. The zero-order valence-electron chi connectivity index (χ0n) is 8.29. The summed E-state index contributed by atoms with van der Waals surface area (Å²) >= 11 is 0. The highest BCUT2D eigenvalue weighted by molar-refractivity contribution is 5.57. The molecule has 4 nitrogen and oxygen atoms in total. The lowest BCUT2D eigenvalue weighted by atomic mass is 10.2. The Labute approximate surface area is 73.2 Å². The fourth-order valence-corrected chi connectivity index (χ4v) is 0.262. The molecule has 0 unspecified atom stereocenters. The number of rotatable bonds is 0. The predicted octanol–water partition coefficient (Wildman–Crippen LogP) is 1.87. The molecule has 0 rings (SSSR count). The van der Waals surface area contributed by atoms with Crippen molar-refractivity contribution in [2.75, 3.05) is 0 Å². The van der Waals surface area contributed by atoms with Gasteiger partial charge in [0.05, 0.1) is 0 Å². The van der Waals surface area contributed by atoms with E-state index in [1.54, 1.807) is 34.6 Å². The lowest BCUT2D eigenvalue weighted by Gasteiger charge is -2.15. The van der Waals surface area contributed by atoms with E-state index in [-0.39, 0.29) is 6.10 Å². The van der Waals surface area contributed by atoms with Crippen LogP contribution in [0.25, 0.3) is 0 Å². The third kappa shape index (κ3) is 34.9. The third-order valence-electron chi connectivity index (χ3n) is 0.393. The van der Waals surface area contributed by atoms with Gasteiger partial charge in [-0.2, -0.15) is 0 Å². The summed E-state index contributed by atoms with van der Waals surface area (Å²) in [6.45, 7) is 8.49. The second-order valence-electron chi connectivity index (χ2n) is 3.57. The maximum atomic E-state index is 9.79. The van der Waals surface area contributed by atoms with E-state index in [4.69, 9.17) is 10.2 Å². The summed E-state index contributed by atoms with van der Waals surface area (Å²) in [5.41, 5.74) is -0.578. The highest BCUT2D eigenvalue weighted by atomic mass is 16.7. The first-order chi connectivity index (χ1) is 5.15. The van der Waals surface area contributed by atoms with Gasteiger partial charge in [-0.25, -0.2) is 4.79 Å². The number of hydrogen-bond acceptors (Lipinski definition) is 3. The highest BCUT2D eigenvalue weighted by Crippen LogP contribution is 2.05. The SMILES string of the molecule is CC(C)(C)OC(=O)O.CC(C)O. The van der Waals surface area contributed by atoms with Crippen molar-refractivity contribution in [1.29, 1.82) is 0 Å². The van der Waals surface area contributed by atoms with Crippen molar-refractivity contribution in [1.82, 2.24) is 0 Å². The Balaban J connectivity index is 0. The Morgan fingerprint density at radius 3 is 1.58 bits per heavy atom. The molecule has 2 N–H and O–H groups in total. The second-order valence-corrected chi connectivity index (χ2v) is 3.57. The maximum absolute atomic E-state index is 9.79. The van der Waals surface area contributed by atoms with Crippen LogP contribution in [0.5, 0.6) is 0 Å². The third-order valence-corrected chi connectivity index (χ3v) is 0.393. The van der Waals surface area contributed by atoms with Crippen molar-refractivity contribution in [2.24, 2.45) is 0 Å². The summed E-state index contributed by atoms with van der Waals surface area (Å²) in [5.74, 6) is 0. The molecule has 0 bridgehead atoms. The summed E-state index contributed by atoms with van der Waals surface area (Å²) in [4.78, 5) is 9.79. The van der Waals surface area contributed by atoms with Crippen LogP contribution in [0.1, 0.15) is 34.6 Å². The van der Waals surface area contributed by atoms with Gasteiger partial charge in [-0.1, -0.05) is 0 Å². The van der Waals surface area contributed by atoms with Crippen molar-refractivity contribution in [3.63, 3.8) is 0 Å². The van der Waals surface area contributed by atoms with Crippen molar-refractivity contribution < 1.29 is 19.7 Å². The number of aliphatic hydroxyl groups is 1. The van der Waals surface area contributed by atoms with Crippen LogP contribution in [-0.2, 0) is 4.74 Å². The van der Waals surface area contributed by atoms with Crippen LogP contribution < -0.4 is 0 Å². The van der Waals surface area contributed by atoms with Gasteiger partial charge in [0.1, 0.15) is 5.60 Å². The van der Waals surface area contributed by atoms with E-state index in [0.717, 1.165) is 0 Å². The van der Waals surface area contributed by atoms with Crippen molar-refractivity contribution in [2.45, 2.75) is 46.3 Å². The van der Waals surface area contributed by atoms with Crippen LogP contribution in [0.15, 0.2) is 0 Å². The molecule has 12 heavy (non-hydrogen) atoms. The molecule has 0 radical (unpaired) electrons. The first-order valence-corrected chi connectivity index (χ1v) is 3.75. The van der Waals surface area contributed by atoms with Gasteiger partial charge in [-0.05, 0) is 34.6 Å². The molecule has 0 saturated heterocycles. The van der Waals surface area contributed by atoms with E-state index in [2.05, 4.69) is 4.74 Å². The Hall–Kier alpha value is -0.770. The van der Waals surface area contributed by atoms with Crippen LogP contribution >= 0.6 is 0 Å². The molecule has 0 heterocycles. The summed E-state index contributed by atoms with van der Waals surface area (Å²) in [7, 11) is 0. The lowest BCUT2D eigenvalue weighted by Crippen LogP contribution is -2.22. The number of carbonyl (C=O) groups is 1. The molecule has 0 amide bonds. The highest BCUT2D eigenvalue weighted by Gasteiger charge is 2.13. The minimum Gasteiger partial charge on any atom is -0.450 e. The van der Waals surface area contributed by atoms with Crippen LogP contribution in [0, 0.1) is 0 Å². The Kier molecular flexibility index (Phi) is 6.70. The Morgan fingerprint density at radius 1 is 1.33 bits per heavy atom. The molecule has 0 spiro atoms. The van der Waals surface area contributed by atoms with Gasteiger partial charge in [0.2, 0.25) is 0 Å². The maximum Gasteiger partial charge on any atom is 0.506 e. The van der Waals surface area contributed by atoms with Gasteiger partial charge < -0.3 is 14.9 Å². The number of hydrogen-bond donors (Lipinski definition) is 2. The quantitative estimate of drug-likeness (QED) is 0.556. The largest absolute Gasteiger partial charge is 0.506 e. The van der Waals surface area contributed by atoms with Gasteiger partial charge in [0, 0.05) is 6.10 Å².